The van der Waals surface area contributed by atoms with E-state index in [4.69, 9.17) is 4.74 Å². The summed E-state index contributed by atoms with van der Waals surface area (Å²) in [7, 11) is 0. The van der Waals surface area contributed by atoms with Crippen LogP contribution in [0, 0.1) is 5.92 Å². The molecule has 0 aliphatic carbocycles. The maximum absolute atomic E-state index is 5.62. The minimum atomic E-state index is 0.519. The third-order valence-electron chi connectivity index (χ3n) is 2.52. The van der Waals surface area contributed by atoms with Gasteiger partial charge in [0.25, 0.3) is 0 Å². The van der Waals surface area contributed by atoms with Crippen molar-refractivity contribution in [1.29, 1.82) is 0 Å². The summed E-state index contributed by atoms with van der Waals surface area (Å²) in [5.41, 5.74) is 0. The number of nitrogens with one attached hydrogen (secondary N) is 1. The van der Waals surface area contributed by atoms with E-state index in [0.29, 0.717) is 6.10 Å². The molecule has 0 bridgehead atoms. The molecule has 1 heterocycles. The molecule has 0 saturated carbocycles. The van der Waals surface area contributed by atoms with Crippen LogP contribution in [0.2, 0.25) is 0 Å². The molecule has 0 amide bonds. The van der Waals surface area contributed by atoms with Crippen LogP contribution < -0.4 is 5.32 Å². The maximum Gasteiger partial charge on any atom is 0.0823 e. The Morgan fingerprint density at radius 1 is 1.23 bits per heavy atom. The molecular weight excluding hydrogens is 162 g/mol. The van der Waals surface area contributed by atoms with Gasteiger partial charge in [0.1, 0.15) is 0 Å². The SMILES string of the molecule is CC(C)CCCCCOC1CNC1. The van der Waals surface area contributed by atoms with Crippen LogP contribution >= 0.6 is 0 Å². The summed E-state index contributed by atoms with van der Waals surface area (Å²) in [6, 6.07) is 0. The van der Waals surface area contributed by atoms with Gasteiger partial charge in [-0.15, -0.1) is 0 Å². The largest absolute Gasteiger partial charge is 0.376 e. The fourth-order valence-corrected chi connectivity index (χ4v) is 1.46. The lowest BCUT2D eigenvalue weighted by Gasteiger charge is -2.27. The third kappa shape index (κ3) is 5.27. The van der Waals surface area contributed by atoms with Crippen molar-refractivity contribution in [2.24, 2.45) is 5.92 Å². The molecule has 2 nitrogen and oxygen atoms in total. The first-order valence-corrected chi connectivity index (χ1v) is 5.61. The first kappa shape index (κ1) is 11.0. The Morgan fingerprint density at radius 3 is 2.54 bits per heavy atom. The van der Waals surface area contributed by atoms with Gasteiger partial charge in [-0.2, -0.15) is 0 Å². The van der Waals surface area contributed by atoms with Gasteiger partial charge in [-0.1, -0.05) is 33.1 Å². The van der Waals surface area contributed by atoms with E-state index in [2.05, 4.69) is 19.2 Å². The minimum Gasteiger partial charge on any atom is -0.376 e. The van der Waals surface area contributed by atoms with Gasteiger partial charge in [0.15, 0.2) is 0 Å². The second kappa shape index (κ2) is 6.39. The van der Waals surface area contributed by atoms with E-state index in [9.17, 15) is 0 Å². The lowest BCUT2D eigenvalue weighted by Crippen LogP contribution is -2.48. The van der Waals surface area contributed by atoms with Crippen molar-refractivity contribution in [2.75, 3.05) is 19.7 Å². The van der Waals surface area contributed by atoms with Crippen LogP contribution in [0.1, 0.15) is 39.5 Å². The highest BCUT2D eigenvalue weighted by Crippen LogP contribution is 2.08. The van der Waals surface area contributed by atoms with E-state index in [1.165, 1.54) is 25.7 Å². The molecule has 0 unspecified atom stereocenters. The van der Waals surface area contributed by atoms with Crippen LogP contribution in [0.25, 0.3) is 0 Å². The normalized spacial score (nSPS) is 17.8. The molecule has 1 fully saturated rings. The van der Waals surface area contributed by atoms with Crippen LogP contribution in [0.3, 0.4) is 0 Å². The number of hydrogen-bond acceptors (Lipinski definition) is 2. The zero-order valence-corrected chi connectivity index (χ0v) is 9.01. The van der Waals surface area contributed by atoms with Crippen LogP contribution in [-0.4, -0.2) is 25.8 Å². The van der Waals surface area contributed by atoms with Gasteiger partial charge in [0, 0.05) is 19.7 Å². The Labute approximate surface area is 82.0 Å². The van der Waals surface area contributed by atoms with Crippen LogP contribution in [0.5, 0.6) is 0 Å². The monoisotopic (exact) mass is 185 g/mol. The number of unbranched alkanes of at least 4 members (excludes halogenated alkanes) is 2. The maximum atomic E-state index is 5.62. The molecule has 1 rings (SSSR count). The lowest BCUT2D eigenvalue weighted by atomic mass is 10.1. The molecule has 1 aliphatic rings. The van der Waals surface area contributed by atoms with E-state index < -0.39 is 0 Å². The van der Waals surface area contributed by atoms with Gasteiger partial charge in [-0.05, 0) is 12.3 Å². The Balaban J connectivity index is 1.73. The van der Waals surface area contributed by atoms with Gasteiger partial charge in [-0.25, -0.2) is 0 Å². The molecule has 0 aromatic heterocycles. The van der Waals surface area contributed by atoms with E-state index in [1.807, 2.05) is 0 Å². The van der Waals surface area contributed by atoms with Gasteiger partial charge in [0.05, 0.1) is 6.10 Å². The lowest BCUT2D eigenvalue weighted by molar-refractivity contribution is 0.0169. The zero-order valence-electron chi connectivity index (χ0n) is 9.01. The standard InChI is InChI=1S/C11H23NO/c1-10(2)6-4-3-5-7-13-11-8-12-9-11/h10-12H,3-9H2,1-2H3. The van der Waals surface area contributed by atoms with Gasteiger partial charge < -0.3 is 10.1 Å². The molecule has 13 heavy (non-hydrogen) atoms. The van der Waals surface area contributed by atoms with Gasteiger partial charge >= 0.3 is 0 Å². The molecule has 0 radical (unpaired) electrons. The Morgan fingerprint density at radius 2 is 2.00 bits per heavy atom. The quantitative estimate of drug-likeness (QED) is 0.614. The summed E-state index contributed by atoms with van der Waals surface area (Å²) >= 11 is 0. The molecule has 78 valence electrons. The number of ether oxygens (including phenoxy) is 1. The second-order valence-corrected chi connectivity index (χ2v) is 4.39. The van der Waals surface area contributed by atoms with Gasteiger partial charge in [0.2, 0.25) is 0 Å². The Bertz CT molecular complexity index is 121. The van der Waals surface area contributed by atoms with Crippen molar-refractivity contribution in [3.8, 4) is 0 Å². The summed E-state index contributed by atoms with van der Waals surface area (Å²) in [6.45, 7) is 7.66. The molecule has 1 saturated heterocycles. The Hall–Kier alpha value is -0.0800. The number of hydrogen-bond donors (Lipinski definition) is 1. The van der Waals surface area contributed by atoms with Crippen molar-refractivity contribution >= 4 is 0 Å². The first-order valence-electron chi connectivity index (χ1n) is 5.61. The van der Waals surface area contributed by atoms with Crippen LogP contribution in [0.4, 0.5) is 0 Å². The Kier molecular flexibility index (Phi) is 5.40. The van der Waals surface area contributed by atoms with E-state index in [-0.39, 0.29) is 0 Å². The van der Waals surface area contributed by atoms with Crippen molar-refractivity contribution in [3.63, 3.8) is 0 Å². The molecule has 0 atom stereocenters. The van der Waals surface area contributed by atoms with Crippen molar-refractivity contribution in [1.82, 2.24) is 5.32 Å². The summed E-state index contributed by atoms with van der Waals surface area (Å²) in [6.07, 6.45) is 5.82. The second-order valence-electron chi connectivity index (χ2n) is 4.39. The van der Waals surface area contributed by atoms with E-state index in [1.54, 1.807) is 0 Å². The molecule has 1 aliphatic heterocycles. The molecule has 0 aromatic rings. The summed E-state index contributed by atoms with van der Waals surface area (Å²) in [4.78, 5) is 0. The van der Waals surface area contributed by atoms with Crippen molar-refractivity contribution in [2.45, 2.75) is 45.6 Å². The molecular formula is C11H23NO. The van der Waals surface area contributed by atoms with E-state index in [0.717, 1.165) is 25.6 Å². The summed E-state index contributed by atoms with van der Waals surface area (Å²) < 4.78 is 5.62. The predicted molar refractivity (Wildman–Crippen MR) is 55.9 cm³/mol. The van der Waals surface area contributed by atoms with Crippen molar-refractivity contribution in [3.05, 3.63) is 0 Å². The smallest absolute Gasteiger partial charge is 0.0823 e. The van der Waals surface area contributed by atoms with Gasteiger partial charge in [-0.3, -0.25) is 0 Å². The van der Waals surface area contributed by atoms with Crippen LogP contribution in [-0.2, 0) is 4.74 Å². The molecule has 2 heteroatoms. The molecule has 0 spiro atoms. The fourth-order valence-electron chi connectivity index (χ4n) is 1.46. The fraction of sp³-hybridized carbons (Fsp3) is 1.00. The minimum absolute atomic E-state index is 0.519. The zero-order chi connectivity index (χ0) is 9.52. The average molecular weight is 185 g/mol. The highest BCUT2D eigenvalue weighted by Gasteiger charge is 2.15. The first-order chi connectivity index (χ1) is 6.29. The third-order valence-corrected chi connectivity index (χ3v) is 2.52. The number of rotatable bonds is 7. The molecule has 0 aromatic carbocycles. The summed E-state index contributed by atoms with van der Waals surface area (Å²) in [5.74, 6) is 0.858. The highest BCUT2D eigenvalue weighted by molar-refractivity contribution is 4.74. The van der Waals surface area contributed by atoms with Crippen LogP contribution in [0.15, 0.2) is 0 Å². The topological polar surface area (TPSA) is 21.3 Å². The molecule has 1 N–H and O–H groups in total. The summed E-state index contributed by atoms with van der Waals surface area (Å²) in [5, 5.41) is 3.20. The van der Waals surface area contributed by atoms with E-state index >= 15 is 0 Å². The highest BCUT2D eigenvalue weighted by atomic mass is 16.5. The average Bonchev–Trinajstić information content (AvgIpc) is 1.99. The predicted octanol–water partition coefficient (Wildman–Crippen LogP) is 2.19. The van der Waals surface area contributed by atoms with Crippen molar-refractivity contribution < 1.29 is 4.74 Å².